The summed E-state index contributed by atoms with van der Waals surface area (Å²) in [6, 6.07) is 12.0. The number of hydrogen-bond donors (Lipinski definition) is 2. The number of amides is 2. The van der Waals surface area contributed by atoms with E-state index in [-0.39, 0.29) is 24.4 Å². The third-order valence-electron chi connectivity index (χ3n) is 3.78. The van der Waals surface area contributed by atoms with Gasteiger partial charge in [-0.25, -0.2) is 9.59 Å². The van der Waals surface area contributed by atoms with Gasteiger partial charge in [0.2, 0.25) is 0 Å². The number of halogens is 2. The van der Waals surface area contributed by atoms with Gasteiger partial charge in [-0.2, -0.15) is 8.78 Å². The zero-order valence-corrected chi connectivity index (χ0v) is 14.9. The van der Waals surface area contributed by atoms with Gasteiger partial charge in [0.15, 0.2) is 0 Å². The smallest absolute Gasteiger partial charge is 0.387 e. The van der Waals surface area contributed by atoms with E-state index in [4.69, 9.17) is 0 Å². The lowest BCUT2D eigenvalue weighted by molar-refractivity contribution is -0.0498. The van der Waals surface area contributed by atoms with Gasteiger partial charge in [-0.1, -0.05) is 24.3 Å². The summed E-state index contributed by atoms with van der Waals surface area (Å²) in [6.07, 6.45) is 0. The molecule has 1 atom stereocenters. The first-order chi connectivity index (χ1) is 12.9. The van der Waals surface area contributed by atoms with Crippen molar-refractivity contribution in [3.05, 3.63) is 65.2 Å². The minimum Gasteiger partial charge on any atom is -0.465 e. The molecule has 8 heteroatoms. The Kier molecular flexibility index (Phi) is 7.10. The fraction of sp³-hybridized carbons (Fsp3) is 0.263. The molecule has 1 unspecified atom stereocenters. The molecule has 2 rings (SSSR count). The van der Waals surface area contributed by atoms with Crippen LogP contribution in [0.3, 0.4) is 0 Å². The molecule has 0 bridgehead atoms. The largest absolute Gasteiger partial charge is 0.465 e. The summed E-state index contributed by atoms with van der Waals surface area (Å²) in [6.45, 7) is -0.826. The van der Waals surface area contributed by atoms with Crippen LogP contribution in [-0.2, 0) is 11.3 Å². The van der Waals surface area contributed by atoms with Gasteiger partial charge in [-0.15, -0.1) is 0 Å². The Balaban J connectivity index is 1.83. The number of alkyl halides is 2. The second-order valence-electron chi connectivity index (χ2n) is 5.68. The van der Waals surface area contributed by atoms with Crippen LogP contribution in [0.4, 0.5) is 13.6 Å². The summed E-state index contributed by atoms with van der Waals surface area (Å²) >= 11 is 0. The van der Waals surface area contributed by atoms with Crippen LogP contribution in [0.15, 0.2) is 48.5 Å². The Morgan fingerprint density at radius 2 is 1.67 bits per heavy atom. The van der Waals surface area contributed by atoms with Crippen molar-refractivity contribution in [2.24, 2.45) is 0 Å². The van der Waals surface area contributed by atoms with Gasteiger partial charge in [0, 0.05) is 6.54 Å². The first-order valence-corrected chi connectivity index (χ1v) is 8.15. The molecule has 27 heavy (non-hydrogen) atoms. The van der Waals surface area contributed by atoms with Crippen LogP contribution in [0.5, 0.6) is 5.75 Å². The first-order valence-electron chi connectivity index (χ1n) is 8.15. The Bertz CT molecular complexity index is 764. The molecular formula is C19H20F2N2O4. The summed E-state index contributed by atoms with van der Waals surface area (Å²) in [5, 5.41) is 5.46. The molecule has 0 aliphatic rings. The average Bonchev–Trinajstić information content (AvgIpc) is 2.66. The zero-order valence-electron chi connectivity index (χ0n) is 14.9. The molecule has 0 saturated heterocycles. The van der Waals surface area contributed by atoms with Gasteiger partial charge < -0.3 is 20.1 Å². The molecular weight excluding hydrogens is 358 g/mol. The van der Waals surface area contributed by atoms with Gasteiger partial charge in [0.05, 0.1) is 18.7 Å². The lowest BCUT2D eigenvalue weighted by Crippen LogP contribution is -2.36. The van der Waals surface area contributed by atoms with Crippen LogP contribution >= 0.6 is 0 Å². The SMILES string of the molecule is COC(=O)c1ccc(CNC(=O)NC(C)c2ccc(OC(F)F)cc2)cc1. The maximum absolute atomic E-state index is 12.1. The van der Waals surface area contributed by atoms with E-state index in [1.807, 2.05) is 0 Å². The van der Waals surface area contributed by atoms with Gasteiger partial charge in [-0.3, -0.25) is 0 Å². The fourth-order valence-corrected chi connectivity index (χ4v) is 2.33. The Morgan fingerprint density at radius 3 is 2.22 bits per heavy atom. The van der Waals surface area contributed by atoms with E-state index >= 15 is 0 Å². The number of benzene rings is 2. The van der Waals surface area contributed by atoms with Gasteiger partial charge in [0.25, 0.3) is 0 Å². The molecule has 2 aromatic carbocycles. The summed E-state index contributed by atoms with van der Waals surface area (Å²) in [4.78, 5) is 23.4. The molecule has 0 heterocycles. The van der Waals surface area contributed by atoms with Crippen molar-refractivity contribution in [1.29, 1.82) is 0 Å². The van der Waals surface area contributed by atoms with Crippen molar-refractivity contribution in [2.75, 3.05) is 7.11 Å². The molecule has 144 valence electrons. The molecule has 0 radical (unpaired) electrons. The highest BCUT2D eigenvalue weighted by Gasteiger charge is 2.11. The van der Waals surface area contributed by atoms with E-state index < -0.39 is 12.6 Å². The second-order valence-corrected chi connectivity index (χ2v) is 5.68. The minimum atomic E-state index is -2.88. The van der Waals surface area contributed by atoms with E-state index in [2.05, 4.69) is 20.1 Å². The number of esters is 1. The predicted molar refractivity (Wildman–Crippen MR) is 94.6 cm³/mol. The van der Waals surface area contributed by atoms with E-state index in [1.54, 1.807) is 43.3 Å². The zero-order chi connectivity index (χ0) is 19.8. The summed E-state index contributed by atoms with van der Waals surface area (Å²) in [7, 11) is 1.31. The van der Waals surface area contributed by atoms with Gasteiger partial charge in [-0.05, 0) is 42.3 Å². The van der Waals surface area contributed by atoms with E-state index in [9.17, 15) is 18.4 Å². The quantitative estimate of drug-likeness (QED) is 0.722. The maximum atomic E-state index is 12.1. The van der Waals surface area contributed by atoms with Crippen molar-refractivity contribution in [1.82, 2.24) is 10.6 Å². The molecule has 0 aliphatic carbocycles. The Labute approximate surface area is 155 Å². The summed E-state index contributed by atoms with van der Waals surface area (Å²) < 4.78 is 33.2. The molecule has 0 spiro atoms. The molecule has 6 nitrogen and oxygen atoms in total. The lowest BCUT2D eigenvalue weighted by Gasteiger charge is -2.16. The predicted octanol–water partition coefficient (Wildman–Crippen LogP) is 3.64. The third kappa shape index (κ3) is 6.25. The topological polar surface area (TPSA) is 76.7 Å². The second kappa shape index (κ2) is 9.51. The van der Waals surface area contributed by atoms with Gasteiger partial charge >= 0.3 is 18.6 Å². The molecule has 0 fully saturated rings. The molecule has 2 N–H and O–H groups in total. The molecule has 2 amide bonds. The fourth-order valence-electron chi connectivity index (χ4n) is 2.33. The number of hydrogen-bond acceptors (Lipinski definition) is 4. The van der Waals surface area contributed by atoms with Gasteiger partial charge in [0.1, 0.15) is 5.75 Å². The van der Waals surface area contributed by atoms with Crippen molar-refractivity contribution < 1.29 is 27.8 Å². The highest BCUT2D eigenvalue weighted by atomic mass is 19.3. The van der Waals surface area contributed by atoms with Crippen LogP contribution in [0, 0.1) is 0 Å². The standard InChI is InChI=1S/C19H20F2N2O4/c1-12(14-7-9-16(10-8-14)27-18(20)21)23-19(25)22-11-13-3-5-15(6-4-13)17(24)26-2/h3-10,12,18H,11H2,1-2H3,(H2,22,23,25). The number of carbonyl (C=O) groups excluding carboxylic acids is 2. The maximum Gasteiger partial charge on any atom is 0.387 e. The van der Waals surface area contributed by atoms with Crippen molar-refractivity contribution in [3.8, 4) is 5.75 Å². The van der Waals surface area contributed by atoms with Crippen molar-refractivity contribution in [2.45, 2.75) is 26.1 Å². The first kappa shape index (κ1) is 20.2. The van der Waals surface area contributed by atoms with Crippen LogP contribution in [0.2, 0.25) is 0 Å². The molecule has 0 aliphatic heterocycles. The summed E-state index contributed by atoms with van der Waals surface area (Å²) in [5.74, 6) is -0.369. The van der Waals surface area contributed by atoms with Crippen LogP contribution < -0.4 is 15.4 Å². The Morgan fingerprint density at radius 1 is 1.04 bits per heavy atom. The molecule has 0 aromatic heterocycles. The average molecular weight is 378 g/mol. The number of urea groups is 1. The summed E-state index contributed by atoms with van der Waals surface area (Å²) in [5.41, 5.74) is 1.99. The Hall–Kier alpha value is -3.16. The van der Waals surface area contributed by atoms with E-state index in [0.29, 0.717) is 5.56 Å². The van der Waals surface area contributed by atoms with Crippen LogP contribution in [0.25, 0.3) is 0 Å². The number of carbonyl (C=O) groups is 2. The minimum absolute atomic E-state index is 0.0563. The monoisotopic (exact) mass is 378 g/mol. The third-order valence-corrected chi connectivity index (χ3v) is 3.78. The van der Waals surface area contributed by atoms with E-state index in [0.717, 1.165) is 11.1 Å². The van der Waals surface area contributed by atoms with Crippen LogP contribution in [-0.4, -0.2) is 25.7 Å². The van der Waals surface area contributed by atoms with E-state index in [1.165, 1.54) is 19.2 Å². The number of ether oxygens (including phenoxy) is 2. The molecule has 0 saturated carbocycles. The molecule has 2 aromatic rings. The number of methoxy groups -OCH3 is 1. The number of nitrogens with one attached hydrogen (secondary N) is 2. The normalized spacial score (nSPS) is 11.6. The highest BCUT2D eigenvalue weighted by Crippen LogP contribution is 2.19. The van der Waals surface area contributed by atoms with Crippen LogP contribution in [0.1, 0.15) is 34.5 Å². The van der Waals surface area contributed by atoms with Crippen molar-refractivity contribution in [3.63, 3.8) is 0 Å². The number of rotatable bonds is 7. The lowest BCUT2D eigenvalue weighted by atomic mass is 10.1. The van der Waals surface area contributed by atoms with Crippen molar-refractivity contribution >= 4 is 12.0 Å². The highest BCUT2D eigenvalue weighted by molar-refractivity contribution is 5.89.